The fourth-order valence-electron chi connectivity index (χ4n) is 1.11. The quantitative estimate of drug-likeness (QED) is 0.824. The van der Waals surface area contributed by atoms with Gasteiger partial charge in [-0.1, -0.05) is 0 Å². The molecule has 1 aromatic rings. The van der Waals surface area contributed by atoms with Gasteiger partial charge in [0, 0.05) is 0 Å². The second-order valence-electron chi connectivity index (χ2n) is 2.75. The zero-order valence-corrected chi connectivity index (χ0v) is 9.98. The molecule has 4 heteroatoms. The molecule has 0 bridgehead atoms. The number of amides is 1. The van der Waals surface area contributed by atoms with Crippen LogP contribution in [-0.2, 0) is 4.79 Å². The first kappa shape index (κ1) is 10.5. The van der Waals surface area contributed by atoms with Crippen molar-refractivity contribution in [3.8, 4) is 0 Å². The zero-order valence-electron chi connectivity index (χ0n) is 7.07. The van der Waals surface area contributed by atoms with Crippen LogP contribution in [0.5, 0.6) is 0 Å². The first-order chi connectivity index (χ1) is 6.24. The van der Waals surface area contributed by atoms with E-state index in [-0.39, 0.29) is 10.7 Å². The van der Waals surface area contributed by atoms with Crippen molar-refractivity contribution in [1.82, 2.24) is 0 Å². The molecular weight excluding hydrogens is 243 g/mol. The third kappa shape index (κ3) is 3.36. The minimum absolute atomic E-state index is 0.216. The topological polar surface area (TPSA) is 43.1 Å². The van der Waals surface area contributed by atoms with Crippen molar-refractivity contribution in [2.24, 2.45) is 5.73 Å². The van der Waals surface area contributed by atoms with Gasteiger partial charge in [-0.25, -0.2) is 0 Å². The molecule has 0 aliphatic heterocycles. The Morgan fingerprint density at radius 1 is 1.46 bits per heavy atom. The maximum atomic E-state index is 10.7. The SMILES string of the molecule is NC(=O)C[CH]([Ge]=[S])c1ccccc1. The summed E-state index contributed by atoms with van der Waals surface area (Å²) >= 11 is -0.514. The fraction of sp³-hybridized carbons (Fsp3) is 0.222. The van der Waals surface area contributed by atoms with Gasteiger partial charge in [-0.2, -0.15) is 0 Å². The van der Waals surface area contributed by atoms with Crippen LogP contribution in [0, 0.1) is 0 Å². The van der Waals surface area contributed by atoms with Gasteiger partial charge in [-0.05, 0) is 0 Å². The number of carbonyl (C=O) groups is 1. The molecule has 0 heterocycles. The first-order valence-electron chi connectivity index (χ1n) is 3.95. The van der Waals surface area contributed by atoms with Crippen molar-refractivity contribution < 1.29 is 4.79 Å². The van der Waals surface area contributed by atoms with Crippen molar-refractivity contribution in [3.05, 3.63) is 35.9 Å². The molecule has 67 valence electrons. The van der Waals surface area contributed by atoms with Crippen molar-refractivity contribution in [3.63, 3.8) is 0 Å². The van der Waals surface area contributed by atoms with Crippen LogP contribution in [0.15, 0.2) is 30.3 Å². The number of rotatable bonds is 4. The fourth-order valence-corrected chi connectivity index (χ4v) is 3.54. The summed E-state index contributed by atoms with van der Waals surface area (Å²) in [5.74, 6) is -0.262. The van der Waals surface area contributed by atoms with Gasteiger partial charge in [0.25, 0.3) is 0 Å². The molecule has 1 atom stereocenters. The molecule has 0 aromatic heterocycles. The molecule has 0 fully saturated rings. The minimum atomic E-state index is -0.514. The van der Waals surface area contributed by atoms with E-state index < -0.39 is 13.8 Å². The third-order valence-corrected chi connectivity index (χ3v) is 4.95. The Morgan fingerprint density at radius 3 is 2.54 bits per heavy atom. The Hall–Kier alpha value is -0.547. The summed E-state index contributed by atoms with van der Waals surface area (Å²) < 4.78 is 0.216. The molecule has 0 aliphatic carbocycles. The average molecular weight is 253 g/mol. The van der Waals surface area contributed by atoms with E-state index in [1.165, 1.54) is 0 Å². The van der Waals surface area contributed by atoms with Crippen LogP contribution in [-0.4, -0.2) is 19.7 Å². The Morgan fingerprint density at radius 2 is 2.08 bits per heavy atom. The van der Waals surface area contributed by atoms with Crippen molar-refractivity contribution in [2.75, 3.05) is 0 Å². The van der Waals surface area contributed by atoms with E-state index in [4.69, 9.17) is 16.2 Å². The van der Waals surface area contributed by atoms with Crippen molar-refractivity contribution in [1.29, 1.82) is 0 Å². The summed E-state index contributed by atoms with van der Waals surface area (Å²) in [7, 11) is 5.09. The second kappa shape index (κ2) is 5.24. The van der Waals surface area contributed by atoms with Crippen LogP contribution in [0.2, 0.25) is 0 Å². The Balaban J connectivity index is 2.78. The van der Waals surface area contributed by atoms with Crippen LogP contribution in [0.4, 0.5) is 0 Å². The van der Waals surface area contributed by atoms with Gasteiger partial charge in [0.15, 0.2) is 0 Å². The molecule has 2 N–H and O–H groups in total. The molecule has 0 saturated carbocycles. The Kier molecular flexibility index (Phi) is 4.25. The summed E-state index contributed by atoms with van der Waals surface area (Å²) in [5, 5.41) is 0. The van der Waals surface area contributed by atoms with Gasteiger partial charge >= 0.3 is 87.7 Å². The van der Waals surface area contributed by atoms with Gasteiger partial charge in [-0.3, -0.25) is 0 Å². The monoisotopic (exact) mass is 254 g/mol. The summed E-state index contributed by atoms with van der Waals surface area (Å²) in [4.78, 5) is 10.7. The molecule has 0 aliphatic rings. The zero-order chi connectivity index (χ0) is 9.68. The molecule has 13 heavy (non-hydrogen) atoms. The van der Waals surface area contributed by atoms with E-state index in [0.29, 0.717) is 6.42 Å². The van der Waals surface area contributed by atoms with E-state index in [2.05, 4.69) is 0 Å². The molecule has 2 nitrogen and oxygen atoms in total. The van der Waals surface area contributed by atoms with Crippen LogP contribution in [0.1, 0.15) is 16.7 Å². The molecule has 1 amide bonds. The molecule has 0 saturated heterocycles. The standard InChI is InChI=1S/C9H10GeNOS/c11-9(12)6-8(10-13)7-4-2-1-3-5-7/h1-5,8H,6H2,(H2,11,12). The summed E-state index contributed by atoms with van der Waals surface area (Å²) in [6.45, 7) is 0. The number of nitrogens with two attached hydrogens (primary N) is 1. The van der Waals surface area contributed by atoms with Gasteiger partial charge < -0.3 is 0 Å². The molecule has 0 spiro atoms. The van der Waals surface area contributed by atoms with Crippen LogP contribution >= 0.6 is 10.5 Å². The molecule has 1 rings (SSSR count). The van der Waals surface area contributed by atoms with E-state index in [1.807, 2.05) is 30.3 Å². The summed E-state index contributed by atoms with van der Waals surface area (Å²) in [6, 6.07) is 9.88. The number of hydrogen-bond donors (Lipinski definition) is 1. The van der Waals surface area contributed by atoms with E-state index in [9.17, 15) is 4.79 Å². The predicted octanol–water partition coefficient (Wildman–Crippen LogP) is 1.42. The normalized spacial score (nSPS) is 12.0. The van der Waals surface area contributed by atoms with Gasteiger partial charge in [0.1, 0.15) is 0 Å². The number of carbonyl (C=O) groups excluding carboxylic acids is 1. The van der Waals surface area contributed by atoms with Crippen LogP contribution < -0.4 is 5.73 Å². The second-order valence-corrected chi connectivity index (χ2v) is 5.93. The van der Waals surface area contributed by atoms with E-state index in [0.717, 1.165) is 5.56 Å². The molecular formula is C9H10GeNOS. The maximum absolute atomic E-state index is 10.7. The number of hydrogen-bond acceptors (Lipinski definition) is 2. The Bertz CT molecular complexity index is 302. The van der Waals surface area contributed by atoms with Gasteiger partial charge in [-0.15, -0.1) is 0 Å². The van der Waals surface area contributed by atoms with Crippen molar-refractivity contribution in [2.45, 2.75) is 11.2 Å². The predicted molar refractivity (Wildman–Crippen MR) is 56.3 cm³/mol. The number of primary amides is 1. The Labute approximate surface area is 87.8 Å². The van der Waals surface area contributed by atoms with E-state index >= 15 is 0 Å². The van der Waals surface area contributed by atoms with Gasteiger partial charge in [0.05, 0.1) is 0 Å². The average Bonchev–Trinajstić information content (AvgIpc) is 2.15. The first-order valence-corrected chi connectivity index (χ1v) is 8.14. The number of benzene rings is 1. The van der Waals surface area contributed by atoms with Crippen molar-refractivity contribution >= 4 is 30.1 Å². The molecule has 1 radical (unpaired) electrons. The third-order valence-electron chi connectivity index (χ3n) is 1.75. The molecule has 1 aromatic carbocycles. The molecule has 1 unspecified atom stereocenters. The van der Waals surface area contributed by atoms with Gasteiger partial charge in [0.2, 0.25) is 0 Å². The van der Waals surface area contributed by atoms with Crippen LogP contribution in [0.25, 0.3) is 0 Å². The van der Waals surface area contributed by atoms with E-state index in [1.54, 1.807) is 0 Å². The summed E-state index contributed by atoms with van der Waals surface area (Å²) in [5.41, 5.74) is 6.29. The van der Waals surface area contributed by atoms with Crippen LogP contribution in [0.3, 0.4) is 0 Å². The summed E-state index contributed by atoms with van der Waals surface area (Å²) in [6.07, 6.45) is 0.396.